The van der Waals surface area contributed by atoms with Gasteiger partial charge in [-0.15, -0.1) is 0 Å². The lowest BCUT2D eigenvalue weighted by atomic mass is 9.98. The average Bonchev–Trinajstić information content (AvgIpc) is 2.41. The molecule has 0 aliphatic rings. The van der Waals surface area contributed by atoms with Crippen LogP contribution in [-0.2, 0) is 6.42 Å². The quantitative estimate of drug-likeness (QED) is 0.751. The van der Waals surface area contributed by atoms with Gasteiger partial charge < -0.3 is 5.32 Å². The first-order valence-electron chi connectivity index (χ1n) is 6.63. The summed E-state index contributed by atoms with van der Waals surface area (Å²) in [7, 11) is 0. The second-order valence-corrected chi connectivity index (χ2v) is 6.04. The number of rotatable bonds is 5. The van der Waals surface area contributed by atoms with Gasteiger partial charge in [0.15, 0.2) is 0 Å². The highest BCUT2D eigenvalue weighted by Crippen LogP contribution is 2.29. The monoisotopic (exact) mass is 373 g/mol. The van der Waals surface area contributed by atoms with Crippen LogP contribution >= 0.6 is 27.5 Å². The van der Waals surface area contributed by atoms with E-state index >= 15 is 0 Å². The smallest absolute Gasteiger partial charge is 0.129 e. The van der Waals surface area contributed by atoms with Crippen molar-refractivity contribution in [2.75, 3.05) is 6.54 Å². The lowest BCUT2D eigenvalue weighted by molar-refractivity contribution is 0.521. The molecule has 5 heteroatoms. The van der Waals surface area contributed by atoms with Crippen LogP contribution in [0.25, 0.3) is 0 Å². The molecule has 1 N–H and O–H groups in total. The topological polar surface area (TPSA) is 12.0 Å². The van der Waals surface area contributed by atoms with Gasteiger partial charge in [-0.3, -0.25) is 0 Å². The van der Waals surface area contributed by atoms with Gasteiger partial charge in [-0.1, -0.05) is 46.6 Å². The Hall–Kier alpha value is -0.970. The highest BCUT2D eigenvalue weighted by molar-refractivity contribution is 9.10. The van der Waals surface area contributed by atoms with Gasteiger partial charge in [0.2, 0.25) is 0 Å². The van der Waals surface area contributed by atoms with Crippen LogP contribution < -0.4 is 5.32 Å². The molecule has 0 saturated carbocycles. The zero-order valence-corrected chi connectivity index (χ0v) is 13.8. The normalized spacial score (nSPS) is 12.4. The number of hydrogen-bond donors (Lipinski definition) is 1. The van der Waals surface area contributed by atoms with Crippen LogP contribution in [0.15, 0.2) is 40.9 Å². The Morgan fingerprint density at radius 1 is 1.19 bits per heavy atom. The van der Waals surface area contributed by atoms with Gasteiger partial charge in [-0.2, -0.15) is 0 Å². The summed E-state index contributed by atoms with van der Waals surface area (Å²) in [5.41, 5.74) is 1.35. The molecule has 0 aromatic heterocycles. The first-order chi connectivity index (χ1) is 10.0. The number of likely N-dealkylation sites (N-methyl/N-ethyl adjacent to an activating group) is 1. The van der Waals surface area contributed by atoms with Crippen molar-refractivity contribution in [1.29, 1.82) is 0 Å². The van der Waals surface area contributed by atoms with E-state index in [1.165, 1.54) is 12.1 Å². The number of halogens is 4. The molecule has 2 rings (SSSR count). The van der Waals surface area contributed by atoms with Crippen molar-refractivity contribution in [3.63, 3.8) is 0 Å². The van der Waals surface area contributed by atoms with E-state index < -0.39 is 11.6 Å². The van der Waals surface area contributed by atoms with Crippen LogP contribution in [0, 0.1) is 11.6 Å². The molecule has 0 bridgehead atoms. The van der Waals surface area contributed by atoms with E-state index in [0.29, 0.717) is 17.0 Å². The molecule has 1 nitrogen and oxygen atoms in total. The van der Waals surface area contributed by atoms with E-state index in [0.717, 1.165) is 22.6 Å². The molecule has 1 atom stereocenters. The Balaban J connectivity index is 2.30. The Kier molecular flexibility index (Phi) is 5.73. The molecule has 21 heavy (non-hydrogen) atoms. The van der Waals surface area contributed by atoms with E-state index in [9.17, 15) is 8.78 Å². The summed E-state index contributed by atoms with van der Waals surface area (Å²) in [6, 6.07) is 9.12. The molecule has 112 valence electrons. The molecule has 0 saturated heterocycles. The maximum Gasteiger partial charge on any atom is 0.129 e. The van der Waals surface area contributed by atoms with Gasteiger partial charge in [-0.05, 0) is 42.3 Å². The second kappa shape index (κ2) is 7.34. The molecule has 0 aliphatic carbocycles. The molecule has 0 fully saturated rings. The van der Waals surface area contributed by atoms with E-state index in [2.05, 4.69) is 21.2 Å². The number of benzene rings is 2. The van der Waals surface area contributed by atoms with Crippen LogP contribution in [0.2, 0.25) is 5.02 Å². The zero-order valence-electron chi connectivity index (χ0n) is 11.5. The minimum absolute atomic E-state index is 0.129. The average molecular weight is 375 g/mol. The van der Waals surface area contributed by atoms with Crippen LogP contribution in [0.5, 0.6) is 0 Å². The van der Waals surface area contributed by atoms with Crippen LogP contribution in [0.4, 0.5) is 8.78 Å². The number of nitrogens with one attached hydrogen (secondary N) is 1. The van der Waals surface area contributed by atoms with Crippen molar-refractivity contribution in [3.05, 3.63) is 68.7 Å². The lowest BCUT2D eigenvalue weighted by Crippen LogP contribution is -2.23. The van der Waals surface area contributed by atoms with Gasteiger partial charge in [0, 0.05) is 21.6 Å². The Labute approximate surface area is 136 Å². The predicted octanol–water partition coefficient (Wildman–Crippen LogP) is 5.27. The van der Waals surface area contributed by atoms with Gasteiger partial charge in [0.25, 0.3) is 0 Å². The summed E-state index contributed by atoms with van der Waals surface area (Å²) < 4.78 is 27.7. The zero-order chi connectivity index (χ0) is 15.4. The first kappa shape index (κ1) is 16.4. The van der Waals surface area contributed by atoms with Crippen molar-refractivity contribution in [3.8, 4) is 0 Å². The third kappa shape index (κ3) is 4.25. The van der Waals surface area contributed by atoms with Gasteiger partial charge in [-0.25, -0.2) is 8.78 Å². The van der Waals surface area contributed by atoms with Crippen LogP contribution in [0.3, 0.4) is 0 Å². The highest BCUT2D eigenvalue weighted by Gasteiger charge is 2.17. The van der Waals surface area contributed by atoms with Crippen molar-refractivity contribution in [1.82, 2.24) is 5.32 Å². The van der Waals surface area contributed by atoms with E-state index in [1.807, 2.05) is 25.1 Å². The fourth-order valence-corrected chi connectivity index (χ4v) is 3.03. The van der Waals surface area contributed by atoms with Gasteiger partial charge in [0.1, 0.15) is 11.6 Å². The lowest BCUT2D eigenvalue weighted by Gasteiger charge is -2.20. The van der Waals surface area contributed by atoms with Crippen molar-refractivity contribution in [2.45, 2.75) is 19.4 Å². The molecule has 1 unspecified atom stereocenters. The SMILES string of the molecule is CCNC(Cc1ccc(F)cc1F)c1ccc(Br)cc1Cl. The first-order valence-corrected chi connectivity index (χ1v) is 7.80. The summed E-state index contributed by atoms with van der Waals surface area (Å²) in [6.07, 6.45) is 0.404. The Morgan fingerprint density at radius 2 is 1.95 bits per heavy atom. The predicted molar refractivity (Wildman–Crippen MR) is 85.6 cm³/mol. The standard InChI is InChI=1S/C16H15BrClF2N/c1-2-21-16(13-6-4-11(17)8-14(13)18)7-10-3-5-12(19)9-15(10)20/h3-6,8-9,16,21H,2,7H2,1H3. The fourth-order valence-electron chi connectivity index (χ4n) is 2.23. The second-order valence-electron chi connectivity index (χ2n) is 4.72. The van der Waals surface area contributed by atoms with Crippen molar-refractivity contribution >= 4 is 27.5 Å². The molecule has 0 heterocycles. The molecule has 0 spiro atoms. The summed E-state index contributed by atoms with van der Waals surface area (Å²) in [4.78, 5) is 0. The molecule has 0 aliphatic heterocycles. The summed E-state index contributed by atoms with van der Waals surface area (Å²) >= 11 is 9.63. The van der Waals surface area contributed by atoms with Crippen LogP contribution in [0.1, 0.15) is 24.1 Å². The summed E-state index contributed by atoms with van der Waals surface area (Å²) in [5, 5.41) is 3.90. The number of hydrogen-bond acceptors (Lipinski definition) is 1. The maximum atomic E-state index is 13.8. The molecule has 0 amide bonds. The molecule has 0 radical (unpaired) electrons. The van der Waals surface area contributed by atoms with E-state index in [4.69, 9.17) is 11.6 Å². The Bertz CT molecular complexity index is 634. The van der Waals surface area contributed by atoms with Gasteiger partial charge in [0.05, 0.1) is 0 Å². The molecule has 2 aromatic rings. The molecular weight excluding hydrogens is 360 g/mol. The Morgan fingerprint density at radius 3 is 2.57 bits per heavy atom. The third-order valence-electron chi connectivity index (χ3n) is 3.23. The molecule has 2 aromatic carbocycles. The minimum Gasteiger partial charge on any atom is -0.310 e. The largest absolute Gasteiger partial charge is 0.310 e. The third-order valence-corrected chi connectivity index (χ3v) is 4.05. The van der Waals surface area contributed by atoms with E-state index in [1.54, 1.807) is 0 Å². The summed E-state index contributed by atoms with van der Waals surface area (Å²) in [6.45, 7) is 2.70. The molecular formula is C16H15BrClF2N. The van der Waals surface area contributed by atoms with Crippen molar-refractivity contribution in [2.24, 2.45) is 0 Å². The minimum atomic E-state index is -0.571. The maximum absolute atomic E-state index is 13.8. The fraction of sp³-hybridized carbons (Fsp3) is 0.250. The van der Waals surface area contributed by atoms with Crippen LogP contribution in [-0.4, -0.2) is 6.54 Å². The highest BCUT2D eigenvalue weighted by atomic mass is 79.9. The van der Waals surface area contributed by atoms with Gasteiger partial charge >= 0.3 is 0 Å². The van der Waals surface area contributed by atoms with Crippen molar-refractivity contribution < 1.29 is 8.78 Å². The van der Waals surface area contributed by atoms with E-state index in [-0.39, 0.29) is 6.04 Å². The summed E-state index contributed by atoms with van der Waals surface area (Å²) in [5.74, 6) is -1.11.